The molecule has 3 nitrogen and oxygen atoms in total. The van der Waals surface area contributed by atoms with Crippen LogP contribution in [0.2, 0.25) is 0 Å². The van der Waals surface area contributed by atoms with E-state index >= 15 is 0 Å². The summed E-state index contributed by atoms with van der Waals surface area (Å²) in [4.78, 5) is 0. The van der Waals surface area contributed by atoms with Gasteiger partial charge in [0, 0.05) is 17.5 Å². The molecular formula is C14H13N3P2. The Morgan fingerprint density at radius 2 is 1.53 bits per heavy atom. The van der Waals surface area contributed by atoms with E-state index in [1.165, 1.54) is 0 Å². The number of benzene rings is 2. The monoisotopic (exact) mass is 285 g/mol. The molecule has 2 atom stereocenters. The maximum Gasteiger partial charge on any atom is 0.208 e. The van der Waals surface area contributed by atoms with Gasteiger partial charge in [-0.3, -0.25) is 0 Å². The smallest absolute Gasteiger partial charge is 0.208 e. The van der Waals surface area contributed by atoms with Crippen LogP contribution in [0.25, 0.3) is 0 Å². The third-order valence-electron chi connectivity index (χ3n) is 2.28. The van der Waals surface area contributed by atoms with Gasteiger partial charge in [-0.25, -0.2) is 4.76 Å². The van der Waals surface area contributed by atoms with E-state index in [1.54, 1.807) is 0 Å². The van der Waals surface area contributed by atoms with Gasteiger partial charge in [0.2, 0.25) is 5.84 Å². The third kappa shape index (κ3) is 4.79. The van der Waals surface area contributed by atoms with Crippen LogP contribution in [-0.2, 0) is 0 Å². The van der Waals surface area contributed by atoms with Crippen LogP contribution in [0.15, 0.2) is 65.4 Å². The molecule has 0 aliphatic heterocycles. The molecule has 2 rings (SSSR count). The van der Waals surface area contributed by atoms with Crippen molar-refractivity contribution in [1.29, 1.82) is 5.26 Å². The Morgan fingerprint density at radius 3 is 2.11 bits per heavy atom. The van der Waals surface area contributed by atoms with Crippen LogP contribution in [0, 0.1) is 11.3 Å². The molecule has 0 saturated heterocycles. The van der Waals surface area contributed by atoms with Gasteiger partial charge in [-0.15, -0.1) is 0 Å². The largest absolute Gasteiger partial charge is 0.339 e. The molecule has 0 heterocycles. The average Bonchev–Trinajstić information content (AvgIpc) is 2.49. The van der Waals surface area contributed by atoms with Gasteiger partial charge in [-0.2, -0.15) is 5.26 Å². The van der Waals surface area contributed by atoms with E-state index in [0.717, 1.165) is 10.6 Å². The van der Waals surface area contributed by atoms with E-state index in [4.69, 9.17) is 5.26 Å². The molecule has 0 bridgehead atoms. The Labute approximate surface area is 116 Å². The lowest BCUT2D eigenvalue weighted by molar-refractivity contribution is 1.47. The number of hydrogen-bond donors (Lipinski definition) is 1. The SMILES string of the molecule is N#CC(=NPc1ccccc1)NPc1ccccc1. The first kappa shape index (κ1) is 13.7. The first-order chi connectivity index (χ1) is 9.38. The minimum atomic E-state index is 0.267. The number of nitriles is 1. The standard InChI is InChI=1S/C14H13N3P2/c15-11-14(16-18-12-7-3-1-4-8-12)17-19-13-9-5-2-6-10-13/h1-10,18-19H,(H,16,17). The molecule has 2 aromatic carbocycles. The fourth-order valence-electron chi connectivity index (χ4n) is 1.37. The predicted octanol–water partition coefficient (Wildman–Crippen LogP) is 2.34. The van der Waals surface area contributed by atoms with Crippen LogP contribution in [-0.4, -0.2) is 5.84 Å². The molecule has 0 aliphatic carbocycles. The summed E-state index contributed by atoms with van der Waals surface area (Å²) in [6.07, 6.45) is 0. The first-order valence-corrected chi connectivity index (χ1v) is 7.69. The molecule has 0 saturated carbocycles. The molecule has 1 N–H and O–H groups in total. The minimum absolute atomic E-state index is 0.267. The molecule has 94 valence electrons. The fourth-order valence-corrected chi connectivity index (χ4v) is 2.90. The molecular weight excluding hydrogens is 272 g/mol. The second kappa shape index (κ2) is 7.64. The van der Waals surface area contributed by atoms with E-state index in [2.05, 4.69) is 15.9 Å². The van der Waals surface area contributed by atoms with E-state index in [9.17, 15) is 0 Å². The molecule has 0 fully saturated rings. The van der Waals surface area contributed by atoms with Crippen molar-refractivity contribution in [3.05, 3.63) is 60.7 Å². The zero-order chi connectivity index (χ0) is 13.3. The summed E-state index contributed by atoms with van der Waals surface area (Å²) in [6.45, 7) is 0. The second-order valence-electron chi connectivity index (χ2n) is 3.67. The predicted molar refractivity (Wildman–Crippen MR) is 85.0 cm³/mol. The zero-order valence-corrected chi connectivity index (χ0v) is 12.2. The zero-order valence-electron chi connectivity index (χ0n) is 10.2. The van der Waals surface area contributed by atoms with Gasteiger partial charge < -0.3 is 5.09 Å². The van der Waals surface area contributed by atoms with Crippen molar-refractivity contribution in [2.24, 2.45) is 4.76 Å². The van der Waals surface area contributed by atoms with Crippen molar-refractivity contribution < 1.29 is 0 Å². The maximum atomic E-state index is 9.05. The summed E-state index contributed by atoms with van der Waals surface area (Å²) in [6, 6.07) is 22.0. The van der Waals surface area contributed by atoms with Crippen LogP contribution >= 0.6 is 17.5 Å². The van der Waals surface area contributed by atoms with Crippen molar-refractivity contribution in [1.82, 2.24) is 5.09 Å². The van der Waals surface area contributed by atoms with Crippen molar-refractivity contribution >= 4 is 33.9 Å². The first-order valence-electron chi connectivity index (χ1n) is 5.74. The van der Waals surface area contributed by atoms with Crippen LogP contribution in [0.5, 0.6) is 0 Å². The van der Waals surface area contributed by atoms with E-state index in [1.807, 2.05) is 60.7 Å². The lowest BCUT2D eigenvalue weighted by Crippen LogP contribution is -2.15. The topological polar surface area (TPSA) is 48.2 Å². The maximum absolute atomic E-state index is 9.05. The van der Waals surface area contributed by atoms with Crippen molar-refractivity contribution in [2.75, 3.05) is 0 Å². The van der Waals surface area contributed by atoms with Gasteiger partial charge in [0.25, 0.3) is 0 Å². The van der Waals surface area contributed by atoms with Gasteiger partial charge in [-0.05, 0) is 10.6 Å². The molecule has 19 heavy (non-hydrogen) atoms. The highest BCUT2D eigenvalue weighted by molar-refractivity contribution is 7.47. The quantitative estimate of drug-likeness (QED) is 0.532. The van der Waals surface area contributed by atoms with E-state index in [-0.39, 0.29) is 8.73 Å². The van der Waals surface area contributed by atoms with E-state index in [0.29, 0.717) is 14.6 Å². The number of nitrogens with zero attached hydrogens (tertiary/aromatic N) is 2. The van der Waals surface area contributed by atoms with Crippen LogP contribution in [0.4, 0.5) is 0 Å². The minimum Gasteiger partial charge on any atom is -0.339 e. The van der Waals surface area contributed by atoms with Gasteiger partial charge in [0.1, 0.15) is 6.07 Å². The van der Waals surface area contributed by atoms with Crippen LogP contribution in [0.3, 0.4) is 0 Å². The number of hydrogen-bond acceptors (Lipinski definition) is 2. The lowest BCUT2D eigenvalue weighted by Gasteiger charge is -2.03. The summed E-state index contributed by atoms with van der Waals surface area (Å²) in [7, 11) is 0.627. The lowest BCUT2D eigenvalue weighted by atomic mass is 10.4. The fraction of sp³-hybridized carbons (Fsp3) is 0. The molecule has 0 aliphatic rings. The number of rotatable bonds is 4. The Balaban J connectivity index is 1.92. The molecule has 0 spiro atoms. The van der Waals surface area contributed by atoms with Crippen molar-refractivity contribution in [3.63, 3.8) is 0 Å². The van der Waals surface area contributed by atoms with Gasteiger partial charge in [0.15, 0.2) is 0 Å². The molecule has 2 unspecified atom stereocenters. The average molecular weight is 285 g/mol. The summed E-state index contributed by atoms with van der Waals surface area (Å²) < 4.78 is 4.31. The molecule has 0 radical (unpaired) electrons. The van der Waals surface area contributed by atoms with Gasteiger partial charge in [-0.1, -0.05) is 60.7 Å². The highest BCUT2D eigenvalue weighted by Gasteiger charge is 1.97. The number of nitrogens with one attached hydrogen (secondary N) is 1. The van der Waals surface area contributed by atoms with E-state index < -0.39 is 0 Å². The van der Waals surface area contributed by atoms with Crippen molar-refractivity contribution in [2.45, 2.75) is 0 Å². The highest BCUT2D eigenvalue weighted by atomic mass is 31.1. The molecule has 2 aromatic rings. The third-order valence-corrected chi connectivity index (χ3v) is 4.19. The normalized spacial score (nSPS) is 12.1. The van der Waals surface area contributed by atoms with Gasteiger partial charge in [0.05, 0.1) is 0 Å². The second-order valence-corrected chi connectivity index (χ2v) is 5.77. The van der Waals surface area contributed by atoms with Crippen LogP contribution in [0.1, 0.15) is 0 Å². The summed E-state index contributed by atoms with van der Waals surface area (Å²) in [5.41, 5.74) is 0. The highest BCUT2D eigenvalue weighted by Crippen LogP contribution is 2.12. The van der Waals surface area contributed by atoms with Crippen molar-refractivity contribution in [3.8, 4) is 6.07 Å². The Kier molecular flexibility index (Phi) is 5.50. The molecule has 0 amide bonds. The number of amidine groups is 1. The summed E-state index contributed by atoms with van der Waals surface area (Å²) >= 11 is 0. The molecule has 0 aromatic heterocycles. The Morgan fingerprint density at radius 1 is 0.947 bits per heavy atom. The van der Waals surface area contributed by atoms with Gasteiger partial charge >= 0.3 is 0 Å². The molecule has 5 heteroatoms. The summed E-state index contributed by atoms with van der Waals surface area (Å²) in [5, 5.41) is 14.4. The Bertz CT molecular complexity index is 577. The van der Waals surface area contributed by atoms with Crippen LogP contribution < -0.4 is 15.7 Å². The summed E-state index contributed by atoms with van der Waals surface area (Å²) in [5.74, 6) is 0.393. The Hall–Kier alpha value is -1.74.